The first-order valence-electron chi connectivity index (χ1n) is 9.87. The minimum Gasteiger partial charge on any atom is -0.258 e. The highest BCUT2D eigenvalue weighted by atomic mass is 79.9. The summed E-state index contributed by atoms with van der Waals surface area (Å²) in [6.45, 7) is 0. The number of allylic oxidation sites excluding steroid dienone is 4. The van der Waals surface area contributed by atoms with Crippen LogP contribution in [0, 0.1) is 27.9 Å². The molecule has 3 nitrogen and oxygen atoms in total. The van der Waals surface area contributed by atoms with E-state index in [4.69, 9.17) is 128 Å². The lowest BCUT2D eigenvalue weighted by molar-refractivity contribution is -0.385. The summed E-state index contributed by atoms with van der Waals surface area (Å²) in [5.41, 5.74) is 0.862. The molecule has 15 heteroatoms. The Morgan fingerprint density at radius 1 is 0.771 bits per heavy atom. The SMILES string of the molecule is O=[N+]([O-])c1cc2c(cc1Br)[C@H]1[C@H]([C@@H]3[C@@H]2[C@]2(Cl)C(Cl)=C(Cl)[C@]3(Cl)C2(Cl)Cl)[C@]2(Cl)C(Cl)=C(Cl)[C@@H]1C2(Cl)Cl. The summed E-state index contributed by atoms with van der Waals surface area (Å²) in [7, 11) is 0. The number of halogens is 12. The molecule has 0 heterocycles. The zero-order valence-electron chi connectivity index (χ0n) is 16.3. The van der Waals surface area contributed by atoms with Gasteiger partial charge in [0.2, 0.25) is 0 Å². The smallest absolute Gasteiger partial charge is 0.258 e. The maximum atomic E-state index is 11.8. The van der Waals surface area contributed by atoms with Crippen molar-refractivity contribution < 1.29 is 4.92 Å². The van der Waals surface area contributed by atoms with Crippen LogP contribution in [0.3, 0.4) is 0 Å². The summed E-state index contributed by atoms with van der Waals surface area (Å²) in [4.78, 5) is 6.20. The molecular formula is C20H7BrCl11NO2. The molecule has 0 amide bonds. The first-order valence-corrected chi connectivity index (χ1v) is 14.8. The standard InChI is InChI=1S/C20H7BrCl11NO2/c21-5-1-3-4(2-6(5)33(34)35)8-11(18(28)15(25)14(24)17(8,27)20(18,31)32)9-7(3)10-12(22)13(23)16(9,26)19(10,29)30/h1-2,7-11H/t7-,8+,9+,10+,11-,16-,17-,18-/m0/s1. The highest BCUT2D eigenvalue weighted by molar-refractivity contribution is 9.10. The molecule has 2 fully saturated rings. The molecule has 188 valence electrons. The van der Waals surface area contributed by atoms with Gasteiger partial charge in [0.1, 0.15) is 14.6 Å². The Morgan fingerprint density at radius 3 is 1.91 bits per heavy atom. The lowest BCUT2D eigenvalue weighted by atomic mass is 9.57. The number of hydrogen-bond acceptors (Lipinski definition) is 2. The number of alkyl halides is 7. The van der Waals surface area contributed by atoms with Gasteiger partial charge in [0.15, 0.2) is 8.67 Å². The van der Waals surface area contributed by atoms with Crippen LogP contribution in [0.1, 0.15) is 23.0 Å². The van der Waals surface area contributed by atoms with Crippen LogP contribution >= 0.6 is 144 Å². The van der Waals surface area contributed by atoms with E-state index in [-0.39, 0.29) is 30.3 Å². The van der Waals surface area contributed by atoms with E-state index in [1.807, 2.05) is 0 Å². The van der Waals surface area contributed by atoms with Crippen molar-refractivity contribution in [2.45, 2.75) is 35.1 Å². The van der Waals surface area contributed by atoms with Crippen molar-refractivity contribution in [2.24, 2.45) is 17.8 Å². The Morgan fingerprint density at radius 2 is 1.34 bits per heavy atom. The average molecular weight is 763 g/mol. The zero-order valence-corrected chi connectivity index (χ0v) is 26.2. The van der Waals surface area contributed by atoms with Crippen LogP contribution < -0.4 is 0 Å². The minimum atomic E-state index is -1.95. The molecule has 0 aliphatic heterocycles. The second-order valence-corrected chi connectivity index (χ2v) is 16.2. The van der Waals surface area contributed by atoms with Crippen LogP contribution in [-0.4, -0.2) is 28.2 Å². The van der Waals surface area contributed by atoms with Gasteiger partial charge < -0.3 is 0 Å². The summed E-state index contributed by atoms with van der Waals surface area (Å²) in [5, 5.41) is 12.0. The van der Waals surface area contributed by atoms with Crippen LogP contribution in [0.15, 0.2) is 36.7 Å². The Kier molecular flexibility index (Phi) is 5.80. The van der Waals surface area contributed by atoms with Gasteiger partial charge in [0.05, 0.1) is 24.5 Å². The maximum absolute atomic E-state index is 11.8. The fourth-order valence-electron chi connectivity index (χ4n) is 7.07. The van der Waals surface area contributed by atoms with E-state index in [1.54, 1.807) is 6.07 Å². The van der Waals surface area contributed by atoms with Crippen LogP contribution in [-0.2, 0) is 0 Å². The highest BCUT2D eigenvalue weighted by Crippen LogP contribution is 2.87. The van der Waals surface area contributed by atoms with Crippen molar-refractivity contribution in [2.75, 3.05) is 0 Å². The van der Waals surface area contributed by atoms with Crippen LogP contribution in [0.4, 0.5) is 5.69 Å². The second-order valence-electron chi connectivity index (χ2n) is 9.34. The number of benzene rings is 1. The molecule has 35 heavy (non-hydrogen) atoms. The van der Waals surface area contributed by atoms with Crippen molar-refractivity contribution >= 4 is 149 Å². The van der Waals surface area contributed by atoms with Gasteiger partial charge in [-0.2, -0.15) is 0 Å². The van der Waals surface area contributed by atoms with Gasteiger partial charge in [-0.05, 0) is 39.0 Å². The highest BCUT2D eigenvalue weighted by Gasteiger charge is 2.89. The van der Waals surface area contributed by atoms with E-state index in [0.717, 1.165) is 0 Å². The number of nitro groups is 1. The van der Waals surface area contributed by atoms with Crippen LogP contribution in [0.2, 0.25) is 0 Å². The molecule has 0 spiro atoms. The lowest BCUT2D eigenvalue weighted by Crippen LogP contribution is -2.53. The predicted molar refractivity (Wildman–Crippen MR) is 149 cm³/mol. The maximum Gasteiger partial charge on any atom is 0.283 e. The molecule has 8 atom stereocenters. The molecule has 0 N–H and O–H groups in total. The molecule has 0 radical (unpaired) electrons. The van der Waals surface area contributed by atoms with Gasteiger partial charge in [0, 0.05) is 34.8 Å². The number of rotatable bonds is 1. The molecular weight excluding hydrogens is 756 g/mol. The normalized spacial score (nSPS) is 45.7. The van der Waals surface area contributed by atoms with Crippen molar-refractivity contribution in [3.8, 4) is 0 Å². The fourth-order valence-corrected chi connectivity index (χ4v) is 13.1. The number of fused-ring (bicyclic) bond motifs is 14. The van der Waals surface area contributed by atoms with Gasteiger partial charge in [-0.3, -0.25) is 10.1 Å². The summed E-state index contributed by atoms with van der Waals surface area (Å²) >= 11 is 79.3. The zero-order chi connectivity index (χ0) is 26.0. The fraction of sp³-hybridized carbons (Fsp3) is 0.500. The minimum absolute atomic E-state index is 0.0418. The molecule has 5 aliphatic carbocycles. The van der Waals surface area contributed by atoms with Crippen molar-refractivity contribution in [1.29, 1.82) is 0 Å². The molecule has 2 saturated carbocycles. The first kappa shape index (κ1) is 27.0. The Bertz CT molecular complexity index is 1350. The number of nitro benzene ring substituents is 1. The Labute approximate surface area is 262 Å². The Hall–Kier alpha value is 1.77. The third-order valence-corrected chi connectivity index (χ3v) is 16.3. The van der Waals surface area contributed by atoms with Gasteiger partial charge in [0.25, 0.3) is 5.69 Å². The topological polar surface area (TPSA) is 43.1 Å². The molecule has 1 aromatic rings. The quantitative estimate of drug-likeness (QED) is 0.163. The summed E-state index contributed by atoms with van der Waals surface area (Å²) in [6, 6.07) is 3.01. The molecule has 0 unspecified atom stereocenters. The van der Waals surface area contributed by atoms with Gasteiger partial charge in [-0.25, -0.2) is 0 Å². The van der Waals surface area contributed by atoms with E-state index in [9.17, 15) is 10.1 Å². The molecule has 0 saturated heterocycles. The monoisotopic (exact) mass is 757 g/mol. The van der Waals surface area contributed by atoms with Crippen molar-refractivity contribution in [3.63, 3.8) is 0 Å². The van der Waals surface area contributed by atoms with E-state index >= 15 is 0 Å². The second kappa shape index (κ2) is 7.53. The predicted octanol–water partition coefficient (Wildman–Crippen LogP) is 10.1. The molecule has 6 rings (SSSR count). The van der Waals surface area contributed by atoms with E-state index in [2.05, 4.69) is 15.9 Å². The molecule has 5 aliphatic rings. The van der Waals surface area contributed by atoms with E-state index in [1.165, 1.54) is 6.07 Å². The molecule has 1 aromatic carbocycles. The molecule has 4 bridgehead atoms. The first-order chi connectivity index (χ1) is 15.9. The Balaban J connectivity index is 1.78. The van der Waals surface area contributed by atoms with E-state index in [0.29, 0.717) is 11.1 Å². The summed E-state index contributed by atoms with van der Waals surface area (Å²) in [5.74, 6) is -3.76. The summed E-state index contributed by atoms with van der Waals surface area (Å²) < 4.78 is -3.40. The van der Waals surface area contributed by atoms with Gasteiger partial charge in [-0.1, -0.05) is 92.8 Å². The van der Waals surface area contributed by atoms with Crippen molar-refractivity contribution in [1.82, 2.24) is 0 Å². The van der Waals surface area contributed by atoms with Gasteiger partial charge >= 0.3 is 0 Å². The van der Waals surface area contributed by atoms with E-state index < -0.39 is 57.8 Å². The van der Waals surface area contributed by atoms with Crippen LogP contribution in [0.5, 0.6) is 0 Å². The third kappa shape index (κ3) is 2.54. The van der Waals surface area contributed by atoms with Crippen molar-refractivity contribution in [3.05, 3.63) is 58.0 Å². The average Bonchev–Trinajstić information content (AvgIpc) is 3.14. The number of nitrogens with zero attached hydrogens (tertiary/aromatic N) is 1. The van der Waals surface area contributed by atoms with Gasteiger partial charge in [-0.15, -0.1) is 34.8 Å². The molecule has 0 aromatic heterocycles. The summed E-state index contributed by atoms with van der Waals surface area (Å²) in [6.07, 6.45) is 0. The van der Waals surface area contributed by atoms with Crippen LogP contribution in [0.25, 0.3) is 0 Å². The largest absolute Gasteiger partial charge is 0.283 e. The third-order valence-electron chi connectivity index (χ3n) is 8.31. The lowest BCUT2D eigenvalue weighted by Gasteiger charge is -2.52. The number of hydrogen-bond donors (Lipinski definition) is 0.